The van der Waals surface area contributed by atoms with Crippen molar-refractivity contribution in [1.82, 2.24) is 19.3 Å². The predicted molar refractivity (Wildman–Crippen MR) is 96.8 cm³/mol. The second kappa shape index (κ2) is 6.24. The van der Waals surface area contributed by atoms with Crippen molar-refractivity contribution in [3.8, 4) is 11.1 Å². The highest BCUT2D eigenvalue weighted by Gasteiger charge is 2.19. The molecule has 2 N–H and O–H groups in total. The Morgan fingerprint density at radius 1 is 1.21 bits per heavy atom. The van der Waals surface area contributed by atoms with E-state index in [0.717, 1.165) is 35.4 Å². The molecule has 4 heterocycles. The molecule has 3 aromatic heterocycles. The van der Waals surface area contributed by atoms with E-state index in [9.17, 15) is 0 Å². The summed E-state index contributed by atoms with van der Waals surface area (Å²) in [5.74, 6) is 0. The van der Waals surface area contributed by atoms with Gasteiger partial charge in [-0.2, -0.15) is 0 Å². The molecule has 0 aromatic carbocycles. The summed E-state index contributed by atoms with van der Waals surface area (Å²) in [4.78, 5) is 11.5. The van der Waals surface area contributed by atoms with Gasteiger partial charge in [-0.3, -0.25) is 4.98 Å². The first-order valence-corrected chi connectivity index (χ1v) is 8.61. The lowest BCUT2D eigenvalue weighted by Gasteiger charge is -2.19. The Morgan fingerprint density at radius 2 is 2.12 bits per heavy atom. The molecule has 1 saturated heterocycles. The zero-order valence-electron chi connectivity index (χ0n) is 14.0. The van der Waals surface area contributed by atoms with Crippen LogP contribution in [-0.2, 0) is 6.42 Å². The third kappa shape index (κ3) is 2.99. The highest BCUT2D eigenvalue weighted by atomic mass is 15.2. The molecule has 3 aromatic rings. The summed E-state index contributed by atoms with van der Waals surface area (Å²) in [5.41, 5.74) is 10.8. The molecule has 5 nitrogen and oxygen atoms in total. The molecular formula is C19H23N5. The maximum Gasteiger partial charge on any atom is 0.137 e. The van der Waals surface area contributed by atoms with Gasteiger partial charge in [0.05, 0.1) is 11.4 Å². The maximum atomic E-state index is 5.84. The van der Waals surface area contributed by atoms with E-state index in [1.165, 1.54) is 19.4 Å². The van der Waals surface area contributed by atoms with Crippen molar-refractivity contribution in [2.45, 2.75) is 32.2 Å². The molecule has 0 bridgehead atoms. The number of hydrogen-bond donors (Lipinski definition) is 1. The predicted octanol–water partition coefficient (Wildman–Crippen LogP) is 3.01. The van der Waals surface area contributed by atoms with Crippen LogP contribution in [-0.4, -0.2) is 38.4 Å². The minimum atomic E-state index is 0.679. The quantitative estimate of drug-likeness (QED) is 0.802. The van der Waals surface area contributed by atoms with E-state index in [1.807, 2.05) is 12.3 Å². The Hall–Kier alpha value is -2.40. The highest BCUT2D eigenvalue weighted by Crippen LogP contribution is 2.22. The van der Waals surface area contributed by atoms with E-state index in [2.05, 4.69) is 45.7 Å². The Morgan fingerprint density at radius 3 is 2.92 bits per heavy atom. The first kappa shape index (κ1) is 15.1. The average molecular weight is 321 g/mol. The lowest BCUT2D eigenvalue weighted by molar-refractivity contribution is 0.271. The molecule has 0 aliphatic carbocycles. The van der Waals surface area contributed by atoms with Gasteiger partial charge in [0.15, 0.2) is 0 Å². The number of rotatable bonds is 4. The Labute approximate surface area is 142 Å². The topological polar surface area (TPSA) is 59.5 Å². The molecule has 4 rings (SSSR count). The van der Waals surface area contributed by atoms with Crippen molar-refractivity contribution in [3.63, 3.8) is 0 Å². The van der Waals surface area contributed by atoms with Crippen molar-refractivity contribution in [2.75, 3.05) is 18.8 Å². The third-order valence-corrected chi connectivity index (χ3v) is 4.94. The lowest BCUT2D eigenvalue weighted by atomic mass is 10.1. The van der Waals surface area contributed by atoms with Gasteiger partial charge in [0, 0.05) is 54.9 Å². The molecule has 0 amide bonds. The molecule has 1 aliphatic heterocycles. The van der Waals surface area contributed by atoms with Crippen LogP contribution in [0.4, 0.5) is 5.69 Å². The van der Waals surface area contributed by atoms with Gasteiger partial charge in [-0.1, -0.05) is 0 Å². The summed E-state index contributed by atoms with van der Waals surface area (Å²) in [6.45, 7) is 4.64. The highest BCUT2D eigenvalue weighted by molar-refractivity contribution is 5.66. The van der Waals surface area contributed by atoms with Crippen LogP contribution < -0.4 is 5.73 Å². The van der Waals surface area contributed by atoms with Crippen LogP contribution in [0.3, 0.4) is 0 Å². The van der Waals surface area contributed by atoms with Crippen molar-refractivity contribution >= 4 is 11.3 Å². The smallest absolute Gasteiger partial charge is 0.137 e. The molecule has 0 unspecified atom stereocenters. The number of likely N-dealkylation sites (tertiary alicyclic amines) is 1. The summed E-state index contributed by atoms with van der Waals surface area (Å²) < 4.78 is 2.10. The number of fused-ring (bicyclic) bond motifs is 1. The first-order valence-electron chi connectivity index (χ1n) is 8.61. The van der Waals surface area contributed by atoms with Crippen LogP contribution in [0.2, 0.25) is 0 Å². The SMILES string of the molecule is C[C@@H]1CCCN1CCc1cn2cc(-c3cncc(N)c3)ccc2n1. The minimum Gasteiger partial charge on any atom is -0.397 e. The Balaban J connectivity index is 1.55. The van der Waals surface area contributed by atoms with Crippen molar-refractivity contribution in [1.29, 1.82) is 0 Å². The summed E-state index contributed by atoms with van der Waals surface area (Å²) in [6.07, 6.45) is 11.4. The summed E-state index contributed by atoms with van der Waals surface area (Å²) in [6, 6.07) is 6.79. The van der Waals surface area contributed by atoms with E-state index in [0.29, 0.717) is 11.7 Å². The molecule has 24 heavy (non-hydrogen) atoms. The number of nitrogen functional groups attached to an aromatic ring is 1. The zero-order valence-corrected chi connectivity index (χ0v) is 14.0. The summed E-state index contributed by atoms with van der Waals surface area (Å²) in [7, 11) is 0. The van der Waals surface area contributed by atoms with Crippen molar-refractivity contribution in [2.24, 2.45) is 0 Å². The van der Waals surface area contributed by atoms with Gasteiger partial charge in [0.1, 0.15) is 5.65 Å². The molecule has 124 valence electrons. The Kier molecular flexibility index (Phi) is 3.94. The molecule has 0 spiro atoms. The fraction of sp³-hybridized carbons (Fsp3) is 0.368. The van der Waals surface area contributed by atoms with E-state index in [4.69, 9.17) is 10.7 Å². The van der Waals surface area contributed by atoms with E-state index in [1.54, 1.807) is 6.20 Å². The standard InChI is InChI=1S/C19H23N5/c1-14-3-2-7-23(14)8-6-18-13-24-12-15(4-5-19(24)22-18)16-9-17(20)11-21-10-16/h4-5,9-14H,2-3,6-8,20H2,1H3/t14-/m1/s1. The second-order valence-electron chi connectivity index (χ2n) is 6.70. The molecule has 1 atom stereocenters. The van der Waals surface area contributed by atoms with E-state index < -0.39 is 0 Å². The summed E-state index contributed by atoms with van der Waals surface area (Å²) >= 11 is 0. The monoisotopic (exact) mass is 321 g/mol. The molecule has 1 aliphatic rings. The van der Waals surface area contributed by atoms with Crippen LogP contribution >= 0.6 is 0 Å². The van der Waals surface area contributed by atoms with Gasteiger partial charge < -0.3 is 15.0 Å². The molecule has 0 saturated carbocycles. The Bertz CT molecular complexity index is 854. The van der Waals surface area contributed by atoms with Crippen LogP contribution in [0, 0.1) is 0 Å². The average Bonchev–Trinajstić information content (AvgIpc) is 3.17. The van der Waals surface area contributed by atoms with Crippen LogP contribution in [0.15, 0.2) is 43.0 Å². The van der Waals surface area contributed by atoms with Gasteiger partial charge in [0.2, 0.25) is 0 Å². The first-order chi connectivity index (χ1) is 11.7. The number of aromatic nitrogens is 3. The van der Waals surface area contributed by atoms with Gasteiger partial charge in [0.25, 0.3) is 0 Å². The molecular weight excluding hydrogens is 298 g/mol. The zero-order chi connectivity index (χ0) is 16.5. The van der Waals surface area contributed by atoms with Gasteiger partial charge in [-0.25, -0.2) is 4.98 Å². The number of hydrogen-bond acceptors (Lipinski definition) is 4. The van der Waals surface area contributed by atoms with Gasteiger partial charge in [-0.05, 0) is 44.5 Å². The van der Waals surface area contributed by atoms with Crippen molar-refractivity contribution in [3.05, 3.63) is 48.7 Å². The van der Waals surface area contributed by atoms with Crippen LogP contribution in [0.1, 0.15) is 25.5 Å². The maximum absolute atomic E-state index is 5.84. The van der Waals surface area contributed by atoms with E-state index in [-0.39, 0.29) is 0 Å². The molecule has 5 heteroatoms. The molecule has 1 fully saturated rings. The van der Waals surface area contributed by atoms with E-state index >= 15 is 0 Å². The van der Waals surface area contributed by atoms with Crippen LogP contribution in [0.25, 0.3) is 16.8 Å². The largest absolute Gasteiger partial charge is 0.397 e. The van der Waals surface area contributed by atoms with Gasteiger partial charge in [-0.15, -0.1) is 0 Å². The fourth-order valence-corrected chi connectivity index (χ4v) is 3.53. The number of anilines is 1. The second-order valence-corrected chi connectivity index (χ2v) is 6.70. The number of nitrogens with zero attached hydrogens (tertiary/aromatic N) is 4. The lowest BCUT2D eigenvalue weighted by Crippen LogP contribution is -2.29. The summed E-state index contributed by atoms with van der Waals surface area (Å²) in [5, 5.41) is 0. The number of nitrogens with two attached hydrogens (primary N) is 1. The number of imidazole rings is 1. The fourth-order valence-electron chi connectivity index (χ4n) is 3.53. The molecule has 0 radical (unpaired) electrons. The van der Waals surface area contributed by atoms with Crippen LogP contribution in [0.5, 0.6) is 0 Å². The normalized spacial score (nSPS) is 18.5. The third-order valence-electron chi connectivity index (χ3n) is 4.94. The number of pyridine rings is 2. The minimum absolute atomic E-state index is 0.679. The van der Waals surface area contributed by atoms with Gasteiger partial charge >= 0.3 is 0 Å². The van der Waals surface area contributed by atoms with Crippen molar-refractivity contribution < 1.29 is 0 Å².